The van der Waals surface area contributed by atoms with Gasteiger partial charge in [0.25, 0.3) is 5.91 Å². The Morgan fingerprint density at radius 1 is 1.15 bits per heavy atom. The lowest BCUT2D eigenvalue weighted by Crippen LogP contribution is -2.22. The molecule has 2 aromatic rings. The summed E-state index contributed by atoms with van der Waals surface area (Å²) < 4.78 is 23.4. The maximum absolute atomic E-state index is 13.0. The average Bonchev–Trinajstić information content (AvgIpc) is 2.92. The van der Waals surface area contributed by atoms with Crippen LogP contribution >= 0.6 is 0 Å². The van der Waals surface area contributed by atoms with E-state index < -0.39 is 0 Å². The van der Waals surface area contributed by atoms with Crippen LogP contribution in [0.25, 0.3) is 0 Å². The summed E-state index contributed by atoms with van der Waals surface area (Å²) in [5.41, 5.74) is 1.18. The third kappa shape index (κ3) is 2.56. The summed E-state index contributed by atoms with van der Waals surface area (Å²) in [6.07, 6.45) is 0. The van der Waals surface area contributed by atoms with Crippen molar-refractivity contribution in [1.29, 1.82) is 0 Å². The molecule has 5 heteroatoms. The van der Waals surface area contributed by atoms with Gasteiger partial charge in [-0.3, -0.25) is 4.79 Å². The molecular weight excluding hydrogens is 261 g/mol. The van der Waals surface area contributed by atoms with Crippen molar-refractivity contribution >= 4 is 5.91 Å². The second kappa shape index (κ2) is 5.21. The molecule has 2 aromatic carbocycles. The summed E-state index contributed by atoms with van der Waals surface area (Å²) in [5.74, 6) is 0.627. The van der Waals surface area contributed by atoms with Gasteiger partial charge in [0, 0.05) is 12.1 Å². The summed E-state index contributed by atoms with van der Waals surface area (Å²) >= 11 is 0. The Bertz CT molecular complexity index is 657. The summed E-state index contributed by atoms with van der Waals surface area (Å²) in [6, 6.07) is 11.1. The SMILES string of the molecule is O=C(NCc1cccc(F)c1)c1ccc2c(c1)OCO2. The van der Waals surface area contributed by atoms with Crippen molar-refractivity contribution in [2.24, 2.45) is 0 Å². The Hall–Kier alpha value is -2.56. The van der Waals surface area contributed by atoms with Crippen molar-refractivity contribution in [3.8, 4) is 11.5 Å². The third-order valence-electron chi connectivity index (χ3n) is 2.98. The van der Waals surface area contributed by atoms with E-state index in [0.717, 1.165) is 0 Å². The highest BCUT2D eigenvalue weighted by Gasteiger charge is 2.15. The maximum Gasteiger partial charge on any atom is 0.251 e. The highest BCUT2D eigenvalue weighted by molar-refractivity contribution is 5.94. The molecule has 1 N–H and O–H groups in total. The first-order valence-corrected chi connectivity index (χ1v) is 6.15. The van der Waals surface area contributed by atoms with Crippen LogP contribution < -0.4 is 14.8 Å². The van der Waals surface area contributed by atoms with Gasteiger partial charge in [0.05, 0.1) is 0 Å². The first-order chi connectivity index (χ1) is 9.72. The van der Waals surface area contributed by atoms with E-state index in [4.69, 9.17) is 9.47 Å². The third-order valence-corrected chi connectivity index (χ3v) is 2.98. The Balaban J connectivity index is 1.67. The van der Waals surface area contributed by atoms with Crippen molar-refractivity contribution in [2.45, 2.75) is 6.54 Å². The summed E-state index contributed by atoms with van der Waals surface area (Å²) in [4.78, 5) is 12.0. The molecule has 4 nitrogen and oxygen atoms in total. The van der Waals surface area contributed by atoms with E-state index >= 15 is 0 Å². The molecular formula is C15H12FNO3. The number of hydrogen-bond donors (Lipinski definition) is 1. The van der Waals surface area contributed by atoms with Crippen molar-refractivity contribution < 1.29 is 18.7 Å². The van der Waals surface area contributed by atoms with Gasteiger partial charge in [0.15, 0.2) is 11.5 Å². The quantitative estimate of drug-likeness (QED) is 0.934. The van der Waals surface area contributed by atoms with Gasteiger partial charge in [-0.05, 0) is 35.9 Å². The van der Waals surface area contributed by atoms with E-state index in [9.17, 15) is 9.18 Å². The molecule has 0 atom stereocenters. The van der Waals surface area contributed by atoms with Crippen LogP contribution in [0.15, 0.2) is 42.5 Å². The summed E-state index contributed by atoms with van der Waals surface area (Å²) in [5, 5.41) is 2.73. The molecule has 20 heavy (non-hydrogen) atoms. The molecule has 0 unspecified atom stereocenters. The molecule has 0 saturated carbocycles. The number of ether oxygens (including phenoxy) is 2. The van der Waals surface area contributed by atoms with Gasteiger partial charge in [0.1, 0.15) is 5.82 Å². The number of nitrogens with one attached hydrogen (secondary N) is 1. The van der Waals surface area contributed by atoms with Crippen LogP contribution in [0.1, 0.15) is 15.9 Å². The number of fused-ring (bicyclic) bond motifs is 1. The number of carbonyl (C=O) groups excluding carboxylic acids is 1. The molecule has 1 heterocycles. The molecule has 1 amide bonds. The standard InChI is InChI=1S/C15H12FNO3/c16-12-3-1-2-10(6-12)8-17-15(18)11-4-5-13-14(7-11)20-9-19-13/h1-7H,8-9H2,(H,17,18). The molecule has 0 saturated heterocycles. The van der Waals surface area contributed by atoms with E-state index in [1.54, 1.807) is 30.3 Å². The Morgan fingerprint density at radius 3 is 2.85 bits per heavy atom. The van der Waals surface area contributed by atoms with Crippen molar-refractivity contribution in [1.82, 2.24) is 5.32 Å². The number of rotatable bonds is 3. The lowest BCUT2D eigenvalue weighted by atomic mass is 10.1. The Kier molecular flexibility index (Phi) is 3.25. The fourth-order valence-electron chi connectivity index (χ4n) is 1.97. The fraction of sp³-hybridized carbons (Fsp3) is 0.133. The van der Waals surface area contributed by atoms with Crippen molar-refractivity contribution in [2.75, 3.05) is 6.79 Å². The molecule has 1 aliphatic rings. The second-order valence-corrected chi connectivity index (χ2v) is 4.38. The molecule has 0 aromatic heterocycles. The zero-order valence-electron chi connectivity index (χ0n) is 10.6. The van der Waals surface area contributed by atoms with Crippen LogP contribution in [-0.4, -0.2) is 12.7 Å². The van der Waals surface area contributed by atoms with Crippen LogP contribution in [0.4, 0.5) is 4.39 Å². The first-order valence-electron chi connectivity index (χ1n) is 6.15. The van der Waals surface area contributed by atoms with Gasteiger partial charge >= 0.3 is 0 Å². The van der Waals surface area contributed by atoms with Gasteiger partial charge in [-0.1, -0.05) is 12.1 Å². The molecule has 0 fully saturated rings. The molecule has 0 spiro atoms. The van der Waals surface area contributed by atoms with E-state index in [1.165, 1.54) is 12.1 Å². The van der Waals surface area contributed by atoms with Crippen LogP contribution in [0.5, 0.6) is 11.5 Å². The normalized spacial score (nSPS) is 12.2. The number of benzene rings is 2. The Labute approximate surface area is 115 Å². The molecule has 3 rings (SSSR count). The fourth-order valence-corrected chi connectivity index (χ4v) is 1.97. The number of carbonyl (C=O) groups is 1. The zero-order chi connectivity index (χ0) is 13.9. The lowest BCUT2D eigenvalue weighted by Gasteiger charge is -2.06. The number of amides is 1. The van der Waals surface area contributed by atoms with E-state index in [-0.39, 0.29) is 25.1 Å². The minimum atomic E-state index is -0.320. The topological polar surface area (TPSA) is 47.6 Å². The Morgan fingerprint density at radius 2 is 2.00 bits per heavy atom. The van der Waals surface area contributed by atoms with Crippen LogP contribution in [0.2, 0.25) is 0 Å². The van der Waals surface area contributed by atoms with Gasteiger partial charge in [-0.2, -0.15) is 0 Å². The monoisotopic (exact) mass is 273 g/mol. The second-order valence-electron chi connectivity index (χ2n) is 4.38. The summed E-state index contributed by atoms with van der Waals surface area (Å²) in [6.45, 7) is 0.439. The van der Waals surface area contributed by atoms with Crippen LogP contribution in [0.3, 0.4) is 0 Å². The largest absolute Gasteiger partial charge is 0.454 e. The van der Waals surface area contributed by atoms with E-state index in [2.05, 4.69) is 5.32 Å². The van der Waals surface area contributed by atoms with Crippen molar-refractivity contribution in [3.05, 3.63) is 59.4 Å². The van der Waals surface area contributed by atoms with Gasteiger partial charge in [0.2, 0.25) is 6.79 Å². The minimum Gasteiger partial charge on any atom is -0.454 e. The number of halogens is 1. The van der Waals surface area contributed by atoms with E-state index in [0.29, 0.717) is 22.6 Å². The first kappa shape index (κ1) is 12.5. The highest BCUT2D eigenvalue weighted by Crippen LogP contribution is 2.32. The predicted molar refractivity (Wildman–Crippen MR) is 70.1 cm³/mol. The van der Waals surface area contributed by atoms with Crippen LogP contribution in [0, 0.1) is 5.82 Å². The molecule has 0 bridgehead atoms. The summed E-state index contributed by atoms with van der Waals surface area (Å²) in [7, 11) is 0. The zero-order valence-corrected chi connectivity index (χ0v) is 10.6. The average molecular weight is 273 g/mol. The number of hydrogen-bond acceptors (Lipinski definition) is 3. The van der Waals surface area contributed by atoms with Gasteiger partial charge < -0.3 is 14.8 Å². The predicted octanol–water partition coefficient (Wildman–Crippen LogP) is 2.48. The molecule has 1 aliphatic heterocycles. The van der Waals surface area contributed by atoms with Gasteiger partial charge in [-0.15, -0.1) is 0 Å². The smallest absolute Gasteiger partial charge is 0.251 e. The van der Waals surface area contributed by atoms with E-state index in [1.807, 2.05) is 0 Å². The van der Waals surface area contributed by atoms with Crippen molar-refractivity contribution in [3.63, 3.8) is 0 Å². The maximum atomic E-state index is 13.0. The van der Waals surface area contributed by atoms with Crippen LogP contribution in [-0.2, 0) is 6.54 Å². The molecule has 102 valence electrons. The van der Waals surface area contributed by atoms with Gasteiger partial charge in [-0.25, -0.2) is 4.39 Å². The molecule has 0 aliphatic carbocycles. The highest BCUT2D eigenvalue weighted by atomic mass is 19.1. The minimum absolute atomic E-state index is 0.170. The molecule has 0 radical (unpaired) electrons. The lowest BCUT2D eigenvalue weighted by molar-refractivity contribution is 0.0950.